The molecule has 0 saturated carbocycles. The average molecular weight is 314 g/mol. The smallest absolute Gasteiger partial charge is 0.341 e. The molecule has 0 bridgehead atoms. The summed E-state index contributed by atoms with van der Waals surface area (Å²) in [6.45, 7) is 2.41. The maximum absolute atomic E-state index is 12.0. The van der Waals surface area contributed by atoms with Gasteiger partial charge in [0, 0.05) is 31.6 Å². The standard InChI is InChI=1S/C17H18N2O4/c1-17(22-10-11-23-17)8-9-19-12-14(16(20)21-2)15(18-19)13-6-4-3-5-7-13/h3-7,10-12H,8-9H2,1-2H3. The van der Waals surface area contributed by atoms with Crippen molar-refractivity contribution in [3.8, 4) is 11.3 Å². The van der Waals surface area contributed by atoms with Crippen molar-refractivity contribution >= 4 is 5.97 Å². The third kappa shape index (κ3) is 3.21. The molecule has 0 spiro atoms. The summed E-state index contributed by atoms with van der Waals surface area (Å²) in [5.41, 5.74) is 1.91. The van der Waals surface area contributed by atoms with E-state index in [2.05, 4.69) is 5.10 Å². The van der Waals surface area contributed by atoms with E-state index in [0.29, 0.717) is 24.2 Å². The SMILES string of the molecule is COC(=O)c1cn(CCC2(C)OC=CO2)nc1-c1ccccc1. The maximum Gasteiger partial charge on any atom is 0.341 e. The number of methoxy groups -OCH3 is 1. The van der Waals surface area contributed by atoms with Gasteiger partial charge in [0.15, 0.2) is 0 Å². The summed E-state index contributed by atoms with van der Waals surface area (Å²) in [4.78, 5) is 12.0. The van der Waals surface area contributed by atoms with Gasteiger partial charge in [-0.05, 0) is 0 Å². The molecular formula is C17H18N2O4. The zero-order valence-electron chi connectivity index (χ0n) is 13.1. The van der Waals surface area contributed by atoms with Crippen LogP contribution >= 0.6 is 0 Å². The number of aromatic nitrogens is 2. The molecule has 0 unspecified atom stereocenters. The van der Waals surface area contributed by atoms with E-state index in [0.717, 1.165) is 5.56 Å². The average Bonchev–Trinajstić information content (AvgIpc) is 3.20. The summed E-state index contributed by atoms with van der Waals surface area (Å²) in [6.07, 6.45) is 5.34. The number of nitrogens with zero attached hydrogens (tertiary/aromatic N) is 2. The Kier molecular flexibility index (Phi) is 4.06. The highest BCUT2D eigenvalue weighted by Crippen LogP contribution is 2.26. The highest BCUT2D eigenvalue weighted by molar-refractivity contribution is 5.95. The lowest BCUT2D eigenvalue weighted by molar-refractivity contribution is -0.133. The zero-order chi connectivity index (χ0) is 16.3. The first-order valence-electron chi connectivity index (χ1n) is 7.33. The molecule has 1 aromatic carbocycles. The molecule has 3 rings (SSSR count). The molecule has 0 N–H and O–H groups in total. The van der Waals surface area contributed by atoms with Crippen molar-refractivity contribution in [3.63, 3.8) is 0 Å². The summed E-state index contributed by atoms with van der Waals surface area (Å²) in [5.74, 6) is -1.10. The molecular weight excluding hydrogens is 296 g/mol. The van der Waals surface area contributed by atoms with Gasteiger partial charge in [0.25, 0.3) is 0 Å². The molecule has 23 heavy (non-hydrogen) atoms. The van der Waals surface area contributed by atoms with Gasteiger partial charge in [0.1, 0.15) is 23.8 Å². The van der Waals surface area contributed by atoms with E-state index in [4.69, 9.17) is 14.2 Å². The second kappa shape index (κ2) is 6.16. The van der Waals surface area contributed by atoms with E-state index in [-0.39, 0.29) is 0 Å². The first-order chi connectivity index (χ1) is 11.1. The number of benzene rings is 1. The van der Waals surface area contributed by atoms with Gasteiger partial charge in [-0.1, -0.05) is 30.3 Å². The van der Waals surface area contributed by atoms with Crippen molar-refractivity contribution in [1.82, 2.24) is 9.78 Å². The molecule has 2 heterocycles. The molecule has 1 aromatic heterocycles. The minimum absolute atomic E-state index is 0.406. The monoisotopic (exact) mass is 314 g/mol. The largest absolute Gasteiger partial charge is 0.465 e. The summed E-state index contributed by atoms with van der Waals surface area (Å²) in [7, 11) is 1.36. The Bertz CT molecular complexity index is 713. The van der Waals surface area contributed by atoms with Gasteiger partial charge in [-0.25, -0.2) is 4.79 Å². The Balaban J connectivity index is 1.84. The number of hydrogen-bond acceptors (Lipinski definition) is 5. The number of carbonyl (C=O) groups is 1. The summed E-state index contributed by atoms with van der Waals surface area (Å²) >= 11 is 0. The molecule has 6 heteroatoms. The van der Waals surface area contributed by atoms with Crippen LogP contribution in [0.4, 0.5) is 0 Å². The maximum atomic E-state index is 12.0. The van der Waals surface area contributed by atoms with Gasteiger partial charge < -0.3 is 14.2 Å². The summed E-state index contributed by atoms with van der Waals surface area (Å²) < 4.78 is 17.4. The second-order valence-corrected chi connectivity index (χ2v) is 5.40. The normalized spacial score (nSPS) is 15.0. The van der Waals surface area contributed by atoms with Crippen LogP contribution in [0.3, 0.4) is 0 Å². The van der Waals surface area contributed by atoms with Crippen LogP contribution in [0, 0.1) is 0 Å². The van der Waals surface area contributed by atoms with Crippen LogP contribution in [-0.2, 0) is 20.8 Å². The van der Waals surface area contributed by atoms with Crippen molar-refractivity contribution in [2.24, 2.45) is 0 Å². The summed E-state index contributed by atoms with van der Waals surface area (Å²) in [5, 5.41) is 4.53. The van der Waals surface area contributed by atoms with Crippen LogP contribution in [0.1, 0.15) is 23.7 Å². The number of hydrogen-bond donors (Lipinski definition) is 0. The third-order valence-corrected chi connectivity index (χ3v) is 3.70. The van der Waals surface area contributed by atoms with Crippen LogP contribution in [0.25, 0.3) is 11.3 Å². The van der Waals surface area contributed by atoms with Gasteiger partial charge in [0.05, 0.1) is 7.11 Å². The molecule has 0 saturated heterocycles. The highest BCUT2D eigenvalue weighted by atomic mass is 16.7. The fourth-order valence-electron chi connectivity index (χ4n) is 2.41. The van der Waals surface area contributed by atoms with Crippen LogP contribution in [-0.4, -0.2) is 28.6 Å². The summed E-state index contributed by atoms with van der Waals surface area (Å²) in [6, 6.07) is 9.55. The Morgan fingerprint density at radius 2 is 1.96 bits per heavy atom. The van der Waals surface area contributed by atoms with Crippen molar-refractivity contribution < 1.29 is 19.0 Å². The second-order valence-electron chi connectivity index (χ2n) is 5.40. The van der Waals surface area contributed by atoms with Crippen LogP contribution in [0.15, 0.2) is 49.1 Å². The zero-order valence-corrected chi connectivity index (χ0v) is 13.1. The lowest BCUT2D eigenvalue weighted by Gasteiger charge is -2.22. The number of esters is 1. The van der Waals surface area contributed by atoms with Gasteiger partial charge in [-0.2, -0.15) is 5.10 Å². The molecule has 1 aliphatic rings. The molecule has 0 aliphatic carbocycles. The van der Waals surface area contributed by atoms with Crippen LogP contribution in [0.5, 0.6) is 0 Å². The van der Waals surface area contributed by atoms with Crippen molar-refractivity contribution in [1.29, 1.82) is 0 Å². The van der Waals surface area contributed by atoms with Crippen molar-refractivity contribution in [3.05, 3.63) is 54.6 Å². The number of aryl methyl sites for hydroxylation is 1. The van der Waals surface area contributed by atoms with Gasteiger partial charge in [-0.15, -0.1) is 0 Å². The highest BCUT2D eigenvalue weighted by Gasteiger charge is 2.29. The van der Waals surface area contributed by atoms with Crippen molar-refractivity contribution in [2.75, 3.05) is 7.11 Å². The lowest BCUT2D eigenvalue weighted by atomic mass is 10.1. The number of rotatable bonds is 5. The van der Waals surface area contributed by atoms with Gasteiger partial charge >= 0.3 is 5.97 Å². The van der Waals surface area contributed by atoms with E-state index < -0.39 is 11.8 Å². The molecule has 6 nitrogen and oxygen atoms in total. The minimum Gasteiger partial charge on any atom is -0.465 e. The lowest BCUT2D eigenvalue weighted by Crippen LogP contribution is -2.27. The molecule has 0 fully saturated rings. The third-order valence-electron chi connectivity index (χ3n) is 3.70. The van der Waals surface area contributed by atoms with Gasteiger partial charge in [-0.3, -0.25) is 4.68 Å². The minimum atomic E-state index is -0.690. The molecule has 120 valence electrons. The Labute approximate surface area is 134 Å². The predicted octanol–water partition coefficient (Wildman–Crippen LogP) is 2.96. The Morgan fingerprint density at radius 1 is 1.26 bits per heavy atom. The molecule has 0 atom stereocenters. The van der Waals surface area contributed by atoms with E-state index in [1.165, 1.54) is 19.6 Å². The van der Waals surface area contributed by atoms with Crippen LogP contribution < -0.4 is 0 Å². The molecule has 2 aromatic rings. The fourth-order valence-corrected chi connectivity index (χ4v) is 2.41. The number of carbonyl (C=O) groups excluding carboxylic acids is 1. The number of ether oxygens (including phenoxy) is 3. The quantitative estimate of drug-likeness (QED) is 0.794. The molecule has 0 amide bonds. The van der Waals surface area contributed by atoms with Crippen LogP contribution in [0.2, 0.25) is 0 Å². The van der Waals surface area contributed by atoms with E-state index in [9.17, 15) is 4.79 Å². The first kappa shape index (κ1) is 15.1. The van der Waals surface area contributed by atoms with Gasteiger partial charge in [0.2, 0.25) is 5.79 Å². The van der Waals surface area contributed by atoms with Crippen molar-refractivity contribution in [2.45, 2.75) is 25.7 Å². The predicted molar refractivity (Wildman–Crippen MR) is 83.3 cm³/mol. The fraction of sp³-hybridized carbons (Fsp3) is 0.294. The topological polar surface area (TPSA) is 62.6 Å². The first-order valence-corrected chi connectivity index (χ1v) is 7.33. The van der Waals surface area contributed by atoms with E-state index in [1.54, 1.807) is 10.9 Å². The Morgan fingerprint density at radius 3 is 2.61 bits per heavy atom. The molecule has 0 radical (unpaired) electrons. The molecule has 1 aliphatic heterocycles. The van der Waals surface area contributed by atoms with E-state index in [1.807, 2.05) is 37.3 Å². The Hall–Kier alpha value is -2.76. The van der Waals surface area contributed by atoms with E-state index >= 15 is 0 Å².